The van der Waals surface area contributed by atoms with Gasteiger partial charge in [0.25, 0.3) is 0 Å². The molecule has 0 N–H and O–H groups in total. The van der Waals surface area contributed by atoms with Crippen LogP contribution in [0.1, 0.15) is 22.3 Å². The molecule has 0 amide bonds. The normalized spacial score (nSPS) is 13.9. The van der Waals surface area contributed by atoms with Crippen LogP contribution in [0, 0.1) is 0 Å². The Bertz CT molecular complexity index is 2110. The highest BCUT2D eigenvalue weighted by Crippen LogP contribution is 2.62. The zero-order valence-electron chi connectivity index (χ0n) is 21.8. The largest absolute Gasteiger partial charge is 0.457 e. The van der Waals surface area contributed by atoms with Gasteiger partial charge < -0.3 is 4.74 Å². The Morgan fingerprint density at radius 3 is 1.73 bits per heavy atom. The van der Waals surface area contributed by atoms with Crippen LogP contribution in [0.3, 0.4) is 0 Å². The Labute approximate surface area is 232 Å². The second kappa shape index (κ2) is 7.94. The number of benzene rings is 7. The first-order valence-electron chi connectivity index (χ1n) is 13.9. The van der Waals surface area contributed by atoms with Gasteiger partial charge in [-0.25, -0.2) is 0 Å². The minimum atomic E-state index is -0.458. The topological polar surface area (TPSA) is 9.23 Å². The first-order chi connectivity index (χ1) is 19.8. The summed E-state index contributed by atoms with van der Waals surface area (Å²) in [7, 11) is 0. The Morgan fingerprint density at radius 2 is 0.950 bits per heavy atom. The van der Waals surface area contributed by atoms with Gasteiger partial charge in [-0.2, -0.15) is 0 Å². The lowest BCUT2D eigenvalue weighted by Gasteiger charge is -2.39. The molecule has 40 heavy (non-hydrogen) atoms. The highest BCUT2D eigenvalue weighted by Gasteiger charge is 2.50. The van der Waals surface area contributed by atoms with Crippen LogP contribution in [-0.2, 0) is 5.41 Å². The van der Waals surface area contributed by atoms with Gasteiger partial charge in [0.15, 0.2) is 0 Å². The summed E-state index contributed by atoms with van der Waals surface area (Å²) in [5.41, 5.74) is 9.58. The molecule has 1 spiro atoms. The molecule has 0 bridgehead atoms. The van der Waals surface area contributed by atoms with Crippen LogP contribution in [0.2, 0.25) is 0 Å². The molecule has 1 aliphatic carbocycles. The smallest absolute Gasteiger partial charge is 0.132 e. The van der Waals surface area contributed by atoms with Crippen molar-refractivity contribution < 1.29 is 4.74 Å². The fourth-order valence-corrected chi connectivity index (χ4v) is 7.32. The first kappa shape index (κ1) is 21.8. The molecule has 1 heteroatoms. The molecule has 186 valence electrons. The standard InChI is InChI=1S/C39H24O/c1-2-12-27-25(11-1)23-32(29-14-4-3-13-28(27)29)26-21-22-38-36(24-26)39(35-19-9-10-20-37(35)40-38)33-17-7-5-15-30(33)31-16-6-8-18-34(31)39/h1-24H. The van der Waals surface area contributed by atoms with E-state index in [9.17, 15) is 0 Å². The van der Waals surface area contributed by atoms with Gasteiger partial charge in [0, 0.05) is 11.1 Å². The molecular formula is C39H24O. The van der Waals surface area contributed by atoms with Crippen LogP contribution in [0.15, 0.2) is 146 Å². The van der Waals surface area contributed by atoms with Crippen molar-refractivity contribution in [2.24, 2.45) is 0 Å². The van der Waals surface area contributed by atoms with Gasteiger partial charge in [0.05, 0.1) is 5.41 Å². The molecule has 0 saturated heterocycles. The average molecular weight is 509 g/mol. The van der Waals surface area contributed by atoms with E-state index in [-0.39, 0.29) is 0 Å². The van der Waals surface area contributed by atoms with E-state index in [1.807, 2.05) is 0 Å². The highest BCUT2D eigenvalue weighted by molar-refractivity contribution is 6.13. The summed E-state index contributed by atoms with van der Waals surface area (Å²) < 4.78 is 6.64. The average Bonchev–Trinajstić information content (AvgIpc) is 3.32. The summed E-state index contributed by atoms with van der Waals surface area (Å²) >= 11 is 0. The Hall–Kier alpha value is -5.14. The summed E-state index contributed by atoms with van der Waals surface area (Å²) in [6, 6.07) is 52.9. The van der Waals surface area contributed by atoms with Crippen LogP contribution in [-0.4, -0.2) is 0 Å². The fraction of sp³-hybridized carbons (Fsp3) is 0.0256. The van der Waals surface area contributed by atoms with Gasteiger partial charge in [-0.1, -0.05) is 121 Å². The molecule has 2 aliphatic rings. The number of ether oxygens (including phenoxy) is 1. The van der Waals surface area contributed by atoms with E-state index in [0.717, 1.165) is 11.5 Å². The van der Waals surface area contributed by atoms with Crippen LogP contribution < -0.4 is 4.74 Å². The molecule has 7 aromatic rings. The maximum absolute atomic E-state index is 6.64. The maximum atomic E-state index is 6.64. The van der Waals surface area contributed by atoms with E-state index in [1.54, 1.807) is 0 Å². The number of para-hydroxylation sites is 1. The zero-order valence-corrected chi connectivity index (χ0v) is 21.8. The lowest BCUT2D eigenvalue weighted by Crippen LogP contribution is -2.32. The third kappa shape index (κ3) is 2.71. The van der Waals surface area contributed by atoms with E-state index in [2.05, 4.69) is 146 Å². The van der Waals surface area contributed by atoms with Gasteiger partial charge in [0.1, 0.15) is 11.5 Å². The summed E-state index contributed by atoms with van der Waals surface area (Å²) in [6.07, 6.45) is 0. The first-order valence-corrected chi connectivity index (χ1v) is 13.9. The number of hydrogen-bond acceptors (Lipinski definition) is 1. The molecule has 1 aliphatic heterocycles. The lowest BCUT2D eigenvalue weighted by atomic mass is 9.65. The van der Waals surface area contributed by atoms with Crippen molar-refractivity contribution in [2.45, 2.75) is 5.41 Å². The molecule has 0 unspecified atom stereocenters. The van der Waals surface area contributed by atoms with Gasteiger partial charge in [-0.15, -0.1) is 0 Å². The minimum Gasteiger partial charge on any atom is -0.457 e. The molecule has 7 aromatic carbocycles. The molecule has 9 rings (SSSR count). The van der Waals surface area contributed by atoms with Gasteiger partial charge >= 0.3 is 0 Å². The van der Waals surface area contributed by atoms with Gasteiger partial charge in [-0.3, -0.25) is 0 Å². The van der Waals surface area contributed by atoms with E-state index >= 15 is 0 Å². The Balaban J connectivity index is 1.40. The van der Waals surface area contributed by atoms with E-state index in [0.29, 0.717) is 0 Å². The van der Waals surface area contributed by atoms with Crippen molar-refractivity contribution in [3.63, 3.8) is 0 Å². The lowest BCUT2D eigenvalue weighted by molar-refractivity contribution is 0.436. The van der Waals surface area contributed by atoms with Crippen molar-refractivity contribution in [1.29, 1.82) is 0 Å². The van der Waals surface area contributed by atoms with Gasteiger partial charge in [0.2, 0.25) is 0 Å². The highest BCUT2D eigenvalue weighted by atomic mass is 16.5. The molecule has 0 aromatic heterocycles. The number of rotatable bonds is 1. The van der Waals surface area contributed by atoms with Crippen LogP contribution in [0.25, 0.3) is 43.8 Å². The number of fused-ring (bicyclic) bond motifs is 12. The SMILES string of the molecule is c1ccc2c(c1)Oc1ccc(-c3cc4ccccc4c4ccccc34)cc1C21c2ccccc2-c2ccccc21. The summed E-state index contributed by atoms with van der Waals surface area (Å²) in [6.45, 7) is 0. The quantitative estimate of drug-likeness (QED) is 0.200. The van der Waals surface area contributed by atoms with E-state index in [4.69, 9.17) is 4.74 Å². The van der Waals surface area contributed by atoms with E-state index < -0.39 is 5.41 Å². The number of hydrogen-bond donors (Lipinski definition) is 0. The fourth-order valence-electron chi connectivity index (χ4n) is 7.32. The van der Waals surface area contributed by atoms with Crippen molar-refractivity contribution in [1.82, 2.24) is 0 Å². The summed E-state index contributed by atoms with van der Waals surface area (Å²) in [5, 5.41) is 5.08. The molecular weight excluding hydrogens is 484 g/mol. The molecule has 0 radical (unpaired) electrons. The molecule has 0 saturated carbocycles. The monoisotopic (exact) mass is 508 g/mol. The van der Waals surface area contributed by atoms with Gasteiger partial charge in [-0.05, 0) is 79.2 Å². The van der Waals surface area contributed by atoms with Crippen LogP contribution in [0.4, 0.5) is 0 Å². The minimum absolute atomic E-state index is 0.458. The van der Waals surface area contributed by atoms with Crippen molar-refractivity contribution in [3.8, 4) is 33.8 Å². The van der Waals surface area contributed by atoms with Crippen molar-refractivity contribution in [2.75, 3.05) is 0 Å². The summed E-state index contributed by atoms with van der Waals surface area (Å²) in [5.74, 6) is 1.84. The maximum Gasteiger partial charge on any atom is 0.132 e. The Kier molecular flexibility index (Phi) is 4.32. The second-order valence-corrected chi connectivity index (χ2v) is 10.8. The molecule has 0 atom stereocenters. The second-order valence-electron chi connectivity index (χ2n) is 10.8. The van der Waals surface area contributed by atoms with Crippen LogP contribution in [0.5, 0.6) is 11.5 Å². The van der Waals surface area contributed by atoms with E-state index in [1.165, 1.54) is 66.1 Å². The predicted molar refractivity (Wildman–Crippen MR) is 164 cm³/mol. The van der Waals surface area contributed by atoms with Crippen LogP contribution >= 0.6 is 0 Å². The molecule has 1 heterocycles. The third-order valence-corrected chi connectivity index (χ3v) is 8.93. The summed E-state index contributed by atoms with van der Waals surface area (Å²) in [4.78, 5) is 0. The predicted octanol–water partition coefficient (Wildman–Crippen LogP) is 10.1. The van der Waals surface area contributed by atoms with Crippen molar-refractivity contribution in [3.05, 3.63) is 168 Å². The van der Waals surface area contributed by atoms with Crippen molar-refractivity contribution >= 4 is 21.5 Å². The third-order valence-electron chi connectivity index (χ3n) is 8.93. The molecule has 1 nitrogen and oxygen atoms in total. The Morgan fingerprint density at radius 1 is 0.375 bits per heavy atom. The zero-order chi connectivity index (χ0) is 26.3. The molecule has 0 fully saturated rings.